The van der Waals surface area contributed by atoms with E-state index in [4.69, 9.17) is 0 Å². The van der Waals surface area contributed by atoms with Crippen molar-refractivity contribution in [3.63, 3.8) is 0 Å². The van der Waals surface area contributed by atoms with Crippen LogP contribution in [0.5, 0.6) is 0 Å². The number of fused-ring (bicyclic) bond motifs is 5. The third-order valence-electron chi connectivity index (χ3n) is 14.1. The van der Waals surface area contributed by atoms with Gasteiger partial charge in [-0.1, -0.05) is 53.4 Å². The molecule has 1 N–H and O–H groups in total. The van der Waals surface area contributed by atoms with Crippen molar-refractivity contribution in [3.8, 4) is 0 Å². The molecule has 1 heterocycles. The summed E-state index contributed by atoms with van der Waals surface area (Å²) in [6, 6.07) is 0. The quantitative estimate of drug-likeness (QED) is 0.160. The summed E-state index contributed by atoms with van der Waals surface area (Å²) < 4.78 is 1.27. The lowest BCUT2D eigenvalue weighted by molar-refractivity contribution is -0.915. The van der Waals surface area contributed by atoms with Crippen molar-refractivity contribution in [1.29, 1.82) is 0 Å². The van der Waals surface area contributed by atoms with E-state index < -0.39 is 0 Å². The Morgan fingerprint density at radius 1 is 0.850 bits per heavy atom. The molecule has 0 bridgehead atoms. The van der Waals surface area contributed by atoms with Crippen molar-refractivity contribution in [2.75, 3.05) is 32.7 Å². The highest BCUT2D eigenvalue weighted by Gasteiger charge is 2.60. The summed E-state index contributed by atoms with van der Waals surface area (Å²) in [5, 5.41) is 3.36. The summed E-state index contributed by atoms with van der Waals surface area (Å²) in [6.07, 6.45) is 24.9. The van der Waals surface area contributed by atoms with Crippen LogP contribution in [-0.2, 0) is 4.79 Å². The highest BCUT2D eigenvalue weighted by atomic mass is 127. The maximum Gasteiger partial charge on any atom is 0.220 e. The van der Waals surface area contributed by atoms with E-state index >= 15 is 0 Å². The molecular weight excluding hydrogens is 603 g/mol. The van der Waals surface area contributed by atoms with E-state index in [0.29, 0.717) is 22.7 Å². The van der Waals surface area contributed by atoms with E-state index in [9.17, 15) is 4.79 Å². The summed E-state index contributed by atoms with van der Waals surface area (Å²) in [4.78, 5) is 12.9. The number of quaternary nitrogens is 1. The Kier molecular flexibility index (Phi) is 11.8. The van der Waals surface area contributed by atoms with Gasteiger partial charge in [-0.25, -0.2) is 0 Å². The molecule has 4 heteroatoms. The molecule has 2 unspecified atom stereocenters. The lowest BCUT2D eigenvalue weighted by Gasteiger charge is -2.61. The number of hydrogen-bond donors (Lipinski definition) is 1. The second-order valence-corrected chi connectivity index (χ2v) is 16.0. The van der Waals surface area contributed by atoms with Gasteiger partial charge in [0, 0.05) is 19.3 Å². The Bertz CT molecular complexity index is 811. The fourth-order valence-corrected chi connectivity index (χ4v) is 11.8. The van der Waals surface area contributed by atoms with Crippen molar-refractivity contribution in [2.24, 2.45) is 46.3 Å². The number of hydrogen-bond acceptors (Lipinski definition) is 1. The molecule has 5 aliphatic rings. The molecule has 4 aliphatic carbocycles. The number of amides is 1. The van der Waals surface area contributed by atoms with Crippen LogP contribution in [0.25, 0.3) is 0 Å². The van der Waals surface area contributed by atoms with Crippen LogP contribution in [-0.4, -0.2) is 43.1 Å². The minimum Gasteiger partial charge on any atom is -1.00 e. The predicted molar refractivity (Wildman–Crippen MR) is 164 cm³/mol. The first-order chi connectivity index (χ1) is 18.8. The van der Waals surface area contributed by atoms with Gasteiger partial charge in [0.2, 0.25) is 5.91 Å². The Balaban J connectivity index is 0.00000370. The molecule has 8 atom stereocenters. The highest BCUT2D eigenvalue weighted by molar-refractivity contribution is 5.75. The van der Waals surface area contributed by atoms with Gasteiger partial charge in [0.05, 0.1) is 32.7 Å². The molecule has 5 rings (SSSR count). The number of nitrogens with zero attached hydrogens (tertiary/aromatic N) is 1. The number of halogens is 1. The Hall–Kier alpha value is 0.160. The van der Waals surface area contributed by atoms with Gasteiger partial charge in [-0.05, 0) is 117 Å². The summed E-state index contributed by atoms with van der Waals surface area (Å²) in [6.45, 7) is 16.2. The van der Waals surface area contributed by atoms with Crippen molar-refractivity contribution < 1.29 is 33.3 Å². The van der Waals surface area contributed by atoms with Crippen LogP contribution < -0.4 is 29.3 Å². The van der Waals surface area contributed by atoms with E-state index in [2.05, 4.69) is 33.0 Å². The molecule has 0 spiro atoms. The molecule has 0 aromatic heterocycles. The topological polar surface area (TPSA) is 29.1 Å². The van der Waals surface area contributed by atoms with Gasteiger partial charge >= 0.3 is 0 Å². The largest absolute Gasteiger partial charge is 1.00 e. The summed E-state index contributed by atoms with van der Waals surface area (Å²) in [5.74, 6) is 5.80. The minimum atomic E-state index is 0. The molecule has 0 radical (unpaired) electrons. The second kappa shape index (κ2) is 14.3. The minimum absolute atomic E-state index is 0. The van der Waals surface area contributed by atoms with Gasteiger partial charge in [-0.2, -0.15) is 0 Å². The number of likely N-dealkylation sites (tertiary alicyclic amines) is 1. The van der Waals surface area contributed by atoms with Crippen LogP contribution >= 0.6 is 0 Å². The molecule has 4 saturated carbocycles. The van der Waals surface area contributed by atoms with Crippen LogP contribution in [0.4, 0.5) is 0 Å². The smallest absolute Gasteiger partial charge is 0.220 e. The monoisotopic (exact) mass is 668 g/mol. The van der Waals surface area contributed by atoms with E-state index in [1.54, 1.807) is 0 Å². The van der Waals surface area contributed by atoms with Crippen molar-refractivity contribution in [3.05, 3.63) is 0 Å². The average molecular weight is 669 g/mol. The van der Waals surface area contributed by atoms with Gasteiger partial charge in [0.15, 0.2) is 0 Å². The summed E-state index contributed by atoms with van der Waals surface area (Å²) >= 11 is 0. The summed E-state index contributed by atoms with van der Waals surface area (Å²) in [7, 11) is 0. The first-order valence-electron chi connectivity index (χ1n) is 17.9. The van der Waals surface area contributed by atoms with Crippen LogP contribution in [0, 0.1) is 46.3 Å². The zero-order chi connectivity index (χ0) is 27.5. The second-order valence-electron chi connectivity index (χ2n) is 16.0. The van der Waals surface area contributed by atoms with Crippen molar-refractivity contribution in [1.82, 2.24) is 5.32 Å². The molecular formula is C36H65IN2O. The molecule has 1 aliphatic heterocycles. The van der Waals surface area contributed by atoms with Crippen LogP contribution in [0.15, 0.2) is 0 Å². The number of carbonyl (C=O) groups excluding carboxylic acids is 1. The van der Waals surface area contributed by atoms with Crippen LogP contribution in [0.3, 0.4) is 0 Å². The van der Waals surface area contributed by atoms with Gasteiger partial charge in [-0.3, -0.25) is 4.79 Å². The zero-order valence-corrected chi connectivity index (χ0v) is 29.1. The molecule has 232 valence electrons. The standard InChI is InChI=1S/C36H64N2O.HI/c1-5-6-7-10-24-38(25-11-12-26-38)27-23-37-34(39)19-14-28(2)31-17-18-32-30-16-15-29-13-8-9-21-35(29,3)33(30)20-22-36(31,32)4;/h28-33H,5-27H2,1-4H3;1H/t28?,29?,30-,31+,32-,33-,35-,36+;/m0./s1. The lowest BCUT2D eigenvalue weighted by atomic mass is 9.44. The molecule has 0 aromatic rings. The highest BCUT2D eigenvalue weighted by Crippen LogP contribution is 2.68. The fourth-order valence-electron chi connectivity index (χ4n) is 11.8. The van der Waals surface area contributed by atoms with E-state index in [0.717, 1.165) is 55.5 Å². The SMILES string of the molecule is CCCCCC[N+]1(CCNC(=O)CCC(C)[C@H]2CC[C@H]3[C@@H]4CCC5CCCC[C@]5(C)[C@H]4CC[C@]23C)CCCC1.[I-]. The molecule has 1 amide bonds. The first-order valence-corrected chi connectivity index (χ1v) is 17.9. The first kappa shape index (κ1) is 33.1. The average Bonchev–Trinajstić information content (AvgIpc) is 3.54. The molecule has 40 heavy (non-hydrogen) atoms. The van der Waals surface area contributed by atoms with E-state index in [1.165, 1.54) is 127 Å². The zero-order valence-electron chi connectivity index (χ0n) is 27.0. The molecule has 5 fully saturated rings. The van der Waals surface area contributed by atoms with Crippen molar-refractivity contribution in [2.45, 2.75) is 143 Å². The molecule has 0 aromatic carbocycles. The third-order valence-corrected chi connectivity index (χ3v) is 14.1. The molecule has 3 nitrogen and oxygen atoms in total. The maximum atomic E-state index is 12.9. The predicted octanol–water partition coefficient (Wildman–Crippen LogP) is 5.76. The van der Waals surface area contributed by atoms with Gasteiger partial charge in [-0.15, -0.1) is 0 Å². The number of nitrogens with one attached hydrogen (secondary N) is 1. The number of rotatable bonds is 12. The van der Waals surface area contributed by atoms with Crippen LogP contribution in [0.1, 0.15) is 143 Å². The maximum absolute atomic E-state index is 12.9. The lowest BCUT2D eigenvalue weighted by Crippen LogP contribution is -3.00. The number of carbonyl (C=O) groups is 1. The third kappa shape index (κ3) is 6.78. The van der Waals surface area contributed by atoms with Gasteiger partial charge in [0.1, 0.15) is 0 Å². The van der Waals surface area contributed by atoms with Crippen LogP contribution in [0.2, 0.25) is 0 Å². The summed E-state index contributed by atoms with van der Waals surface area (Å²) in [5.41, 5.74) is 1.18. The molecule has 1 saturated heterocycles. The Labute approximate surface area is 265 Å². The van der Waals surface area contributed by atoms with Gasteiger partial charge < -0.3 is 33.8 Å². The Morgan fingerprint density at radius 3 is 2.40 bits per heavy atom. The normalized spacial score (nSPS) is 39.0. The fraction of sp³-hybridized carbons (Fsp3) is 0.972. The van der Waals surface area contributed by atoms with E-state index in [1.807, 2.05) is 0 Å². The Morgan fingerprint density at radius 2 is 1.62 bits per heavy atom. The van der Waals surface area contributed by atoms with Gasteiger partial charge in [0.25, 0.3) is 0 Å². The van der Waals surface area contributed by atoms with Crippen molar-refractivity contribution >= 4 is 5.91 Å². The number of unbranched alkanes of at least 4 members (excludes halogenated alkanes) is 3. The van der Waals surface area contributed by atoms with E-state index in [-0.39, 0.29) is 24.0 Å².